The summed E-state index contributed by atoms with van der Waals surface area (Å²) in [6.07, 6.45) is 3.66. The van der Waals surface area contributed by atoms with E-state index in [-0.39, 0.29) is 22.7 Å². The average Bonchev–Trinajstić information content (AvgIpc) is 3.02. The maximum absolute atomic E-state index is 14.8. The monoisotopic (exact) mass is 376 g/mol. The van der Waals surface area contributed by atoms with E-state index < -0.39 is 11.6 Å². The van der Waals surface area contributed by atoms with Crippen molar-refractivity contribution >= 4 is 21.9 Å². The number of rotatable bonds is 9. The Morgan fingerprint density at radius 2 is 1.37 bits per heavy atom. The summed E-state index contributed by atoms with van der Waals surface area (Å²) >= 11 is 0. The van der Waals surface area contributed by atoms with E-state index in [4.69, 9.17) is 13.9 Å². The molecule has 0 atom stereocenters. The van der Waals surface area contributed by atoms with Gasteiger partial charge in [0.05, 0.1) is 13.2 Å². The Kier molecular flexibility index (Phi) is 6.19. The zero-order valence-electron chi connectivity index (χ0n) is 16.1. The predicted molar refractivity (Wildman–Crippen MR) is 104 cm³/mol. The van der Waals surface area contributed by atoms with Gasteiger partial charge in [0.2, 0.25) is 11.6 Å². The van der Waals surface area contributed by atoms with E-state index in [2.05, 4.69) is 13.8 Å². The molecule has 1 aromatic heterocycles. The smallest absolute Gasteiger partial charge is 0.208 e. The molecule has 27 heavy (non-hydrogen) atoms. The van der Waals surface area contributed by atoms with Crippen molar-refractivity contribution in [3.8, 4) is 11.5 Å². The molecule has 0 saturated carbocycles. The van der Waals surface area contributed by atoms with Crippen LogP contribution in [-0.4, -0.2) is 13.2 Å². The SMILES string of the molecule is CCCCOc1ccc2c(oc3c(F)c(OCCCC(C)C)ccc32)c1F. The molecular weight excluding hydrogens is 350 g/mol. The highest BCUT2D eigenvalue weighted by atomic mass is 19.1. The Labute approximate surface area is 158 Å². The molecular formula is C22H26F2O3. The van der Waals surface area contributed by atoms with Crippen molar-refractivity contribution in [3.63, 3.8) is 0 Å². The molecule has 3 aromatic rings. The van der Waals surface area contributed by atoms with Crippen molar-refractivity contribution in [2.75, 3.05) is 13.2 Å². The van der Waals surface area contributed by atoms with Crippen molar-refractivity contribution in [2.24, 2.45) is 5.92 Å². The summed E-state index contributed by atoms with van der Waals surface area (Å²) in [6.45, 7) is 7.17. The highest BCUT2D eigenvalue weighted by molar-refractivity contribution is 6.06. The van der Waals surface area contributed by atoms with Crippen molar-refractivity contribution in [2.45, 2.75) is 46.5 Å². The molecule has 3 rings (SSSR count). The number of hydrogen-bond acceptors (Lipinski definition) is 3. The summed E-state index contributed by atoms with van der Waals surface area (Å²) in [7, 11) is 0. The fourth-order valence-electron chi connectivity index (χ4n) is 3.02. The number of unbranched alkanes of at least 4 members (excludes halogenated alkanes) is 1. The third-order valence-corrected chi connectivity index (χ3v) is 4.56. The summed E-state index contributed by atoms with van der Waals surface area (Å²) < 4.78 is 46.1. The quantitative estimate of drug-likeness (QED) is 0.382. The van der Waals surface area contributed by atoms with Crippen LogP contribution in [-0.2, 0) is 0 Å². The Balaban J connectivity index is 1.88. The maximum atomic E-state index is 14.8. The Hall–Kier alpha value is -2.30. The second-order valence-electron chi connectivity index (χ2n) is 7.20. The molecule has 3 nitrogen and oxygen atoms in total. The first-order valence-electron chi connectivity index (χ1n) is 9.61. The van der Waals surface area contributed by atoms with Gasteiger partial charge in [-0.25, -0.2) is 0 Å². The second kappa shape index (κ2) is 8.59. The van der Waals surface area contributed by atoms with E-state index in [1.807, 2.05) is 6.92 Å². The first-order valence-corrected chi connectivity index (χ1v) is 9.61. The minimum Gasteiger partial charge on any atom is -0.490 e. The van der Waals surface area contributed by atoms with Gasteiger partial charge in [0.1, 0.15) is 0 Å². The van der Waals surface area contributed by atoms with Crippen LogP contribution in [0.5, 0.6) is 11.5 Å². The summed E-state index contributed by atoms with van der Waals surface area (Å²) in [5, 5.41) is 1.05. The molecule has 0 aliphatic carbocycles. The second-order valence-corrected chi connectivity index (χ2v) is 7.20. The number of ether oxygens (including phenoxy) is 2. The molecule has 0 aliphatic rings. The van der Waals surface area contributed by atoms with Gasteiger partial charge in [0.25, 0.3) is 0 Å². The van der Waals surface area contributed by atoms with Crippen molar-refractivity contribution in [1.29, 1.82) is 0 Å². The summed E-state index contributed by atoms with van der Waals surface area (Å²) in [6, 6.07) is 6.55. The first kappa shape index (κ1) is 19.5. The third kappa shape index (κ3) is 4.18. The normalized spacial score (nSPS) is 11.6. The van der Waals surface area contributed by atoms with Gasteiger partial charge in [-0.15, -0.1) is 0 Å². The molecule has 0 fully saturated rings. The molecule has 0 aliphatic heterocycles. The Morgan fingerprint density at radius 3 is 1.85 bits per heavy atom. The molecule has 0 unspecified atom stereocenters. The van der Waals surface area contributed by atoms with Crippen molar-refractivity contribution < 1.29 is 22.7 Å². The first-order chi connectivity index (χ1) is 13.0. The average molecular weight is 376 g/mol. The highest BCUT2D eigenvalue weighted by Gasteiger charge is 2.20. The molecule has 0 spiro atoms. The van der Waals surface area contributed by atoms with E-state index >= 15 is 0 Å². The van der Waals surface area contributed by atoms with Gasteiger partial charge in [0.15, 0.2) is 22.7 Å². The highest BCUT2D eigenvalue weighted by Crippen LogP contribution is 2.37. The van der Waals surface area contributed by atoms with Gasteiger partial charge in [-0.3, -0.25) is 0 Å². The Bertz CT molecular complexity index is 915. The predicted octanol–water partition coefficient (Wildman–Crippen LogP) is 6.86. The molecule has 0 bridgehead atoms. The van der Waals surface area contributed by atoms with Gasteiger partial charge in [-0.2, -0.15) is 8.78 Å². The molecule has 0 saturated heterocycles. The molecule has 0 N–H and O–H groups in total. The minimum atomic E-state index is -0.599. The van der Waals surface area contributed by atoms with Crippen LogP contribution in [0.4, 0.5) is 8.78 Å². The standard InChI is InChI=1S/C22H26F2O3/c1-4-5-12-25-17-10-8-15-16-9-11-18(26-13-6-7-14(2)3)20(24)22(16)27-21(15)19(17)23/h8-11,14H,4-7,12-13H2,1-3H3. The lowest BCUT2D eigenvalue weighted by Gasteiger charge is -2.08. The summed E-state index contributed by atoms with van der Waals surface area (Å²) in [4.78, 5) is 0. The molecule has 2 aromatic carbocycles. The zero-order valence-corrected chi connectivity index (χ0v) is 16.1. The van der Waals surface area contributed by atoms with E-state index in [9.17, 15) is 8.78 Å². The van der Waals surface area contributed by atoms with Crippen LogP contribution in [0.25, 0.3) is 21.9 Å². The lowest BCUT2D eigenvalue weighted by atomic mass is 10.1. The number of furan rings is 1. The maximum Gasteiger partial charge on any atom is 0.208 e. The lowest BCUT2D eigenvalue weighted by Crippen LogP contribution is -2.01. The molecule has 146 valence electrons. The molecule has 0 amide bonds. The van der Waals surface area contributed by atoms with Gasteiger partial charge >= 0.3 is 0 Å². The fraction of sp³-hybridized carbons (Fsp3) is 0.455. The van der Waals surface area contributed by atoms with Crippen LogP contribution < -0.4 is 9.47 Å². The molecule has 0 radical (unpaired) electrons. The fourth-order valence-corrected chi connectivity index (χ4v) is 3.02. The lowest BCUT2D eigenvalue weighted by molar-refractivity contribution is 0.284. The van der Waals surface area contributed by atoms with Gasteiger partial charge in [-0.05, 0) is 49.4 Å². The summed E-state index contributed by atoms with van der Waals surface area (Å²) in [5.41, 5.74) is 0.0193. The third-order valence-electron chi connectivity index (χ3n) is 4.56. The van der Waals surface area contributed by atoms with Crippen molar-refractivity contribution in [3.05, 3.63) is 35.9 Å². The molecule has 1 heterocycles. The van der Waals surface area contributed by atoms with E-state index in [1.165, 1.54) is 0 Å². The number of benzene rings is 2. The van der Waals surface area contributed by atoms with Gasteiger partial charge in [-0.1, -0.05) is 27.2 Å². The van der Waals surface area contributed by atoms with Crippen LogP contribution in [0.1, 0.15) is 46.5 Å². The minimum absolute atomic E-state index is 0.00913. The van der Waals surface area contributed by atoms with Crippen LogP contribution in [0.2, 0.25) is 0 Å². The molecule has 5 heteroatoms. The largest absolute Gasteiger partial charge is 0.490 e. The number of halogens is 2. The van der Waals surface area contributed by atoms with E-state index in [0.29, 0.717) is 29.9 Å². The van der Waals surface area contributed by atoms with E-state index in [0.717, 1.165) is 25.7 Å². The number of fused-ring (bicyclic) bond motifs is 3. The van der Waals surface area contributed by atoms with Crippen LogP contribution >= 0.6 is 0 Å². The van der Waals surface area contributed by atoms with E-state index in [1.54, 1.807) is 24.3 Å². The Morgan fingerprint density at radius 1 is 0.852 bits per heavy atom. The van der Waals surface area contributed by atoms with Crippen molar-refractivity contribution in [1.82, 2.24) is 0 Å². The zero-order chi connectivity index (χ0) is 19.4. The van der Waals surface area contributed by atoms with Gasteiger partial charge < -0.3 is 13.9 Å². The van der Waals surface area contributed by atoms with Crippen LogP contribution in [0.15, 0.2) is 28.7 Å². The van der Waals surface area contributed by atoms with Crippen LogP contribution in [0.3, 0.4) is 0 Å². The number of hydrogen-bond donors (Lipinski definition) is 0. The topological polar surface area (TPSA) is 31.6 Å². The van der Waals surface area contributed by atoms with Crippen LogP contribution in [0, 0.1) is 17.6 Å². The van der Waals surface area contributed by atoms with Gasteiger partial charge in [0, 0.05) is 10.8 Å². The summed E-state index contributed by atoms with van der Waals surface area (Å²) in [5.74, 6) is -0.363.